The van der Waals surface area contributed by atoms with Gasteiger partial charge < -0.3 is 10.7 Å². The van der Waals surface area contributed by atoms with Crippen LogP contribution in [0.1, 0.15) is 15.9 Å². The Morgan fingerprint density at radius 2 is 1.80 bits per heavy atom. The van der Waals surface area contributed by atoms with Crippen molar-refractivity contribution in [2.24, 2.45) is 0 Å². The van der Waals surface area contributed by atoms with Gasteiger partial charge in [0.05, 0.1) is 15.8 Å². The number of halogens is 2. The minimum absolute atomic E-state index is 0.0988. The number of nitrogens with one attached hydrogen (secondary N) is 2. The van der Waals surface area contributed by atoms with Crippen molar-refractivity contribution in [3.05, 3.63) is 76.2 Å². The molecule has 0 aliphatic carbocycles. The third-order valence-corrected chi connectivity index (χ3v) is 6.06. The predicted octanol–water partition coefficient (Wildman–Crippen LogP) is 3.88. The van der Waals surface area contributed by atoms with E-state index in [0.29, 0.717) is 11.0 Å². The van der Waals surface area contributed by atoms with E-state index < -0.39 is 10.0 Å². The Bertz CT molecular complexity index is 1380. The number of nitrogens with zero attached hydrogens (tertiary/aromatic N) is 2. The van der Waals surface area contributed by atoms with Gasteiger partial charge in [-0.3, -0.25) is 9.52 Å². The van der Waals surface area contributed by atoms with Crippen LogP contribution in [0.5, 0.6) is 0 Å². The highest BCUT2D eigenvalue weighted by Crippen LogP contribution is 2.26. The van der Waals surface area contributed by atoms with Crippen molar-refractivity contribution in [2.75, 3.05) is 10.5 Å². The number of aromatic nitrogens is 3. The molecule has 0 saturated carbocycles. The monoisotopic (exact) mass is 461 g/mol. The number of hydrogen-bond donors (Lipinski definition) is 3. The molecule has 0 saturated heterocycles. The van der Waals surface area contributed by atoms with Crippen LogP contribution in [0.25, 0.3) is 11.0 Å². The predicted molar refractivity (Wildman–Crippen MR) is 115 cm³/mol. The summed E-state index contributed by atoms with van der Waals surface area (Å²) >= 11 is 11.8. The average molecular weight is 462 g/mol. The maximum absolute atomic E-state index is 13.0. The van der Waals surface area contributed by atoms with E-state index in [4.69, 9.17) is 28.9 Å². The molecule has 0 spiro atoms. The lowest BCUT2D eigenvalue weighted by atomic mass is 10.0. The van der Waals surface area contributed by atoms with Crippen molar-refractivity contribution in [1.82, 2.24) is 15.0 Å². The SMILES string of the molecule is Nc1ncnc2[nH]cc(C(=O)c3cccc(NS(=O)(=O)c4cc(Cl)cc(Cl)c4)c3)c12. The van der Waals surface area contributed by atoms with Crippen molar-refractivity contribution >= 4 is 61.5 Å². The maximum Gasteiger partial charge on any atom is 0.261 e. The van der Waals surface area contributed by atoms with Crippen molar-refractivity contribution < 1.29 is 13.2 Å². The highest BCUT2D eigenvalue weighted by Gasteiger charge is 2.20. The van der Waals surface area contributed by atoms with Gasteiger partial charge in [-0.2, -0.15) is 0 Å². The van der Waals surface area contributed by atoms with Gasteiger partial charge in [0.25, 0.3) is 10.0 Å². The molecule has 0 aliphatic rings. The number of ketones is 1. The molecule has 152 valence electrons. The Kier molecular flexibility index (Phi) is 5.10. The lowest BCUT2D eigenvalue weighted by Crippen LogP contribution is -2.13. The first-order valence-corrected chi connectivity index (χ1v) is 10.7. The molecule has 4 rings (SSSR count). The molecule has 4 aromatic rings. The zero-order valence-corrected chi connectivity index (χ0v) is 17.4. The third kappa shape index (κ3) is 3.82. The van der Waals surface area contributed by atoms with Crippen molar-refractivity contribution in [3.63, 3.8) is 0 Å². The number of benzene rings is 2. The third-order valence-electron chi connectivity index (χ3n) is 4.27. The first kappa shape index (κ1) is 20.1. The number of rotatable bonds is 5. The topological polar surface area (TPSA) is 131 Å². The molecule has 2 aromatic heterocycles. The van der Waals surface area contributed by atoms with E-state index in [-0.39, 0.29) is 43.4 Å². The Hall–Kier alpha value is -3.14. The number of hydrogen-bond acceptors (Lipinski definition) is 6. The minimum Gasteiger partial charge on any atom is -0.383 e. The molecule has 0 fully saturated rings. The zero-order chi connectivity index (χ0) is 21.5. The first-order valence-electron chi connectivity index (χ1n) is 8.46. The molecule has 2 heterocycles. The van der Waals surface area contributed by atoms with Crippen LogP contribution in [-0.4, -0.2) is 29.2 Å². The van der Waals surface area contributed by atoms with E-state index in [0.717, 1.165) is 0 Å². The van der Waals surface area contributed by atoms with Gasteiger partial charge in [-0.1, -0.05) is 35.3 Å². The Labute approximate surface area is 181 Å². The quantitative estimate of drug-likeness (QED) is 0.386. The average Bonchev–Trinajstić information content (AvgIpc) is 3.12. The van der Waals surface area contributed by atoms with E-state index in [1.807, 2.05) is 0 Å². The van der Waals surface area contributed by atoms with Gasteiger partial charge in [-0.25, -0.2) is 18.4 Å². The van der Waals surface area contributed by atoms with Gasteiger partial charge in [-0.05, 0) is 30.3 Å². The number of sulfonamides is 1. The molecule has 11 heteroatoms. The lowest BCUT2D eigenvalue weighted by Gasteiger charge is -2.10. The lowest BCUT2D eigenvalue weighted by molar-refractivity contribution is 0.104. The molecule has 0 aliphatic heterocycles. The van der Waals surface area contributed by atoms with Crippen LogP contribution in [0.15, 0.2) is 59.9 Å². The zero-order valence-electron chi connectivity index (χ0n) is 15.1. The van der Waals surface area contributed by atoms with Gasteiger partial charge in [0.1, 0.15) is 17.8 Å². The number of H-pyrrole nitrogens is 1. The smallest absolute Gasteiger partial charge is 0.261 e. The summed E-state index contributed by atoms with van der Waals surface area (Å²) in [6.45, 7) is 0. The fourth-order valence-corrected chi connectivity index (χ4v) is 4.72. The molecule has 8 nitrogen and oxygen atoms in total. The maximum atomic E-state index is 13.0. The van der Waals surface area contributed by atoms with Crippen molar-refractivity contribution in [2.45, 2.75) is 4.90 Å². The van der Waals surface area contributed by atoms with Gasteiger partial charge >= 0.3 is 0 Å². The second kappa shape index (κ2) is 7.60. The number of aromatic amines is 1. The van der Waals surface area contributed by atoms with Crippen LogP contribution >= 0.6 is 23.2 Å². The first-order chi connectivity index (χ1) is 14.2. The van der Waals surface area contributed by atoms with E-state index >= 15 is 0 Å². The molecular weight excluding hydrogens is 449 g/mol. The molecule has 30 heavy (non-hydrogen) atoms. The van der Waals surface area contributed by atoms with Crippen molar-refractivity contribution in [3.8, 4) is 0 Å². The molecular formula is C19H13Cl2N5O3S. The molecule has 0 atom stereocenters. The largest absolute Gasteiger partial charge is 0.383 e. The standard InChI is InChI=1S/C19H13Cl2N5O3S/c20-11-5-12(21)7-14(6-11)30(28,29)26-13-3-1-2-10(4-13)17(27)15-8-23-19-16(15)18(22)24-9-25-19/h1-9,26H,(H3,22,23,24,25). The molecule has 0 radical (unpaired) electrons. The Balaban J connectivity index is 1.68. The number of carbonyl (C=O) groups is 1. The van der Waals surface area contributed by atoms with Crippen LogP contribution in [-0.2, 0) is 10.0 Å². The van der Waals surface area contributed by atoms with E-state index in [1.54, 1.807) is 12.1 Å². The summed E-state index contributed by atoms with van der Waals surface area (Å²) in [5.74, 6) is -0.200. The van der Waals surface area contributed by atoms with Crippen LogP contribution in [0.2, 0.25) is 10.0 Å². The van der Waals surface area contributed by atoms with Gasteiger partial charge in [0.15, 0.2) is 5.78 Å². The number of carbonyl (C=O) groups excluding carboxylic acids is 1. The Morgan fingerprint density at radius 3 is 2.53 bits per heavy atom. The number of anilines is 2. The molecule has 0 bridgehead atoms. The summed E-state index contributed by atoms with van der Waals surface area (Å²) in [6.07, 6.45) is 2.78. The summed E-state index contributed by atoms with van der Waals surface area (Å²) in [6, 6.07) is 10.1. The summed E-state index contributed by atoms with van der Waals surface area (Å²) < 4.78 is 27.8. The van der Waals surface area contributed by atoms with Gasteiger partial charge in [0.2, 0.25) is 0 Å². The number of nitrogens with two attached hydrogens (primary N) is 1. The normalized spacial score (nSPS) is 11.5. The summed E-state index contributed by atoms with van der Waals surface area (Å²) in [5.41, 5.74) is 7.04. The highest BCUT2D eigenvalue weighted by molar-refractivity contribution is 7.92. The van der Waals surface area contributed by atoms with Crippen LogP contribution in [0.4, 0.5) is 11.5 Å². The minimum atomic E-state index is -3.97. The van der Waals surface area contributed by atoms with Crippen molar-refractivity contribution in [1.29, 1.82) is 0 Å². The second-order valence-corrected chi connectivity index (χ2v) is 8.86. The van der Waals surface area contributed by atoms with Crippen LogP contribution < -0.4 is 10.5 Å². The fourth-order valence-electron chi connectivity index (χ4n) is 2.94. The number of nitrogen functional groups attached to an aromatic ring is 1. The van der Waals surface area contributed by atoms with Crippen LogP contribution in [0, 0.1) is 0 Å². The molecule has 4 N–H and O–H groups in total. The summed E-state index contributed by atoms with van der Waals surface area (Å²) in [4.78, 5) is 23.7. The molecule has 0 unspecified atom stereocenters. The van der Waals surface area contributed by atoms with E-state index in [2.05, 4.69) is 19.7 Å². The fraction of sp³-hybridized carbons (Fsp3) is 0. The Morgan fingerprint density at radius 1 is 1.07 bits per heavy atom. The van der Waals surface area contributed by atoms with E-state index in [1.165, 1.54) is 42.9 Å². The second-order valence-electron chi connectivity index (χ2n) is 6.31. The summed E-state index contributed by atoms with van der Waals surface area (Å²) in [5, 5.41) is 0.777. The molecule has 2 aromatic carbocycles. The van der Waals surface area contributed by atoms with Crippen LogP contribution in [0.3, 0.4) is 0 Å². The number of fused-ring (bicyclic) bond motifs is 1. The highest BCUT2D eigenvalue weighted by atomic mass is 35.5. The van der Waals surface area contributed by atoms with Gasteiger partial charge in [-0.15, -0.1) is 0 Å². The van der Waals surface area contributed by atoms with Gasteiger partial charge in [0, 0.05) is 27.5 Å². The van der Waals surface area contributed by atoms with E-state index in [9.17, 15) is 13.2 Å². The molecule has 0 amide bonds. The summed E-state index contributed by atoms with van der Waals surface area (Å²) in [7, 11) is -3.97.